The summed E-state index contributed by atoms with van der Waals surface area (Å²) in [5.41, 5.74) is 0.746. The number of carbonyl (C=O) groups is 1. The Morgan fingerprint density at radius 3 is 2.67 bits per heavy atom. The third-order valence-corrected chi connectivity index (χ3v) is 4.95. The van der Waals surface area contributed by atoms with E-state index in [1.54, 1.807) is 0 Å². The van der Waals surface area contributed by atoms with Crippen molar-refractivity contribution < 1.29 is 18.0 Å². The fourth-order valence-corrected chi connectivity index (χ4v) is 3.89. The summed E-state index contributed by atoms with van der Waals surface area (Å²) in [5, 5.41) is 2.21. The monoisotopic (exact) mass is 415 g/mol. The van der Waals surface area contributed by atoms with Crippen molar-refractivity contribution in [3.63, 3.8) is 0 Å². The van der Waals surface area contributed by atoms with Crippen LogP contribution in [0.15, 0.2) is 29.2 Å². The summed E-state index contributed by atoms with van der Waals surface area (Å²) in [4.78, 5) is 28.5. The molecule has 0 fully saturated rings. The Hall–Kier alpha value is -2.39. The zero-order valence-electron chi connectivity index (χ0n) is 14.1. The van der Waals surface area contributed by atoms with Gasteiger partial charge >= 0.3 is 6.18 Å². The van der Waals surface area contributed by atoms with Gasteiger partial charge < -0.3 is 9.88 Å². The summed E-state index contributed by atoms with van der Waals surface area (Å²) < 4.78 is 40.1. The second-order valence-corrected chi connectivity index (χ2v) is 7.44. The summed E-state index contributed by atoms with van der Waals surface area (Å²) >= 11 is 6.82. The van der Waals surface area contributed by atoms with E-state index >= 15 is 0 Å². The first-order valence-corrected chi connectivity index (χ1v) is 8.89. The van der Waals surface area contributed by atoms with Crippen molar-refractivity contribution >= 4 is 44.2 Å². The number of aromatic nitrogens is 2. The molecule has 1 amide bonds. The normalized spacial score (nSPS) is 11.8. The average Bonchev–Trinajstić information content (AvgIpc) is 2.93. The highest BCUT2D eigenvalue weighted by atomic mass is 35.5. The van der Waals surface area contributed by atoms with Crippen molar-refractivity contribution in [1.29, 1.82) is 0 Å². The second kappa shape index (κ2) is 6.97. The number of fused-ring (bicyclic) bond motifs is 1. The molecule has 3 aromatic rings. The van der Waals surface area contributed by atoms with Crippen LogP contribution >= 0.6 is 22.9 Å². The van der Waals surface area contributed by atoms with Gasteiger partial charge in [0.2, 0.25) is 5.91 Å². The number of hydrogen-bond donors (Lipinski definition) is 1. The number of hydrogen-bond acceptors (Lipinski definition) is 4. The van der Waals surface area contributed by atoms with Crippen LogP contribution in [0.2, 0.25) is 5.02 Å². The lowest BCUT2D eigenvalue weighted by atomic mass is 10.1. The zero-order valence-corrected chi connectivity index (χ0v) is 15.7. The van der Waals surface area contributed by atoms with Crippen LogP contribution in [0.5, 0.6) is 0 Å². The predicted molar refractivity (Wildman–Crippen MR) is 98.4 cm³/mol. The van der Waals surface area contributed by atoms with Gasteiger partial charge in [-0.1, -0.05) is 29.0 Å². The number of nitrogens with one attached hydrogen (secondary N) is 1. The van der Waals surface area contributed by atoms with Gasteiger partial charge in [-0.05, 0) is 37.1 Å². The van der Waals surface area contributed by atoms with E-state index in [2.05, 4.69) is 10.3 Å². The summed E-state index contributed by atoms with van der Waals surface area (Å²) in [6.45, 7) is 3.22. The summed E-state index contributed by atoms with van der Waals surface area (Å²) in [6.07, 6.45) is -4.11. The molecule has 3 rings (SSSR count). The highest BCUT2D eigenvalue weighted by Crippen LogP contribution is 2.30. The molecule has 2 heterocycles. The Labute approximate surface area is 160 Å². The first-order valence-electron chi connectivity index (χ1n) is 7.69. The molecule has 0 spiro atoms. The molecule has 0 aliphatic heterocycles. The molecule has 5 nitrogen and oxygen atoms in total. The molecule has 0 unspecified atom stereocenters. The van der Waals surface area contributed by atoms with E-state index < -0.39 is 34.8 Å². The molecule has 0 saturated carbocycles. The lowest BCUT2D eigenvalue weighted by molar-refractivity contribution is -0.138. The van der Waals surface area contributed by atoms with Crippen LogP contribution in [0.3, 0.4) is 0 Å². The SMILES string of the molecule is Cc1cc(C)c2nc(NC(=O)Cn3cc(C(F)(F)F)cc(Cl)c3=O)sc2c1. The number of alkyl halides is 3. The lowest BCUT2D eigenvalue weighted by Crippen LogP contribution is -2.29. The highest BCUT2D eigenvalue weighted by Gasteiger charge is 2.32. The van der Waals surface area contributed by atoms with Crippen molar-refractivity contribution in [3.8, 4) is 0 Å². The van der Waals surface area contributed by atoms with Gasteiger partial charge in [-0.2, -0.15) is 13.2 Å². The molecule has 0 bridgehead atoms. The molecular formula is C17H13ClF3N3O2S. The van der Waals surface area contributed by atoms with E-state index in [1.165, 1.54) is 11.3 Å². The van der Waals surface area contributed by atoms with E-state index in [4.69, 9.17) is 11.6 Å². The van der Waals surface area contributed by atoms with Gasteiger partial charge in [0.25, 0.3) is 5.56 Å². The third-order valence-electron chi connectivity index (χ3n) is 3.76. The number of pyridine rings is 1. The maximum Gasteiger partial charge on any atom is 0.417 e. The van der Waals surface area contributed by atoms with E-state index in [-0.39, 0.29) is 0 Å². The molecule has 10 heteroatoms. The molecule has 1 N–H and O–H groups in total. The minimum atomic E-state index is -4.68. The van der Waals surface area contributed by atoms with E-state index in [1.807, 2.05) is 26.0 Å². The van der Waals surface area contributed by atoms with Gasteiger partial charge in [0, 0.05) is 6.20 Å². The zero-order chi connectivity index (χ0) is 19.9. The third kappa shape index (κ3) is 4.14. The fourth-order valence-electron chi connectivity index (χ4n) is 2.61. The van der Waals surface area contributed by atoms with Crippen LogP contribution in [0.1, 0.15) is 16.7 Å². The Bertz CT molecular complexity index is 1110. The van der Waals surface area contributed by atoms with Crippen LogP contribution in [-0.2, 0) is 17.5 Å². The Balaban J connectivity index is 1.85. The summed E-state index contributed by atoms with van der Waals surface area (Å²) in [5.74, 6) is -0.680. The fraction of sp³-hybridized carbons (Fsp3) is 0.235. The van der Waals surface area contributed by atoms with E-state index in [0.717, 1.165) is 21.3 Å². The maximum atomic E-state index is 12.9. The number of carbonyl (C=O) groups excluding carboxylic acids is 1. The van der Waals surface area contributed by atoms with Gasteiger partial charge in [0.1, 0.15) is 11.6 Å². The molecule has 0 atom stereocenters. The molecule has 0 aliphatic carbocycles. The predicted octanol–water partition coefficient (Wildman–Crippen LogP) is 4.39. The summed E-state index contributed by atoms with van der Waals surface area (Å²) in [6, 6.07) is 4.42. The van der Waals surface area contributed by atoms with Crippen LogP contribution in [0, 0.1) is 13.8 Å². The summed E-state index contributed by atoms with van der Waals surface area (Å²) in [7, 11) is 0. The lowest BCUT2D eigenvalue weighted by Gasteiger charge is -2.11. The van der Waals surface area contributed by atoms with E-state index in [0.29, 0.717) is 22.0 Å². The van der Waals surface area contributed by atoms with Crippen molar-refractivity contribution in [2.45, 2.75) is 26.6 Å². The minimum Gasteiger partial charge on any atom is -0.304 e. The Morgan fingerprint density at radius 1 is 1.30 bits per heavy atom. The quantitative estimate of drug-likeness (QED) is 0.690. The number of nitrogens with zero attached hydrogens (tertiary/aromatic N) is 2. The number of thiazole rings is 1. The number of benzene rings is 1. The number of amides is 1. The van der Waals surface area contributed by atoms with Crippen molar-refractivity contribution in [2.24, 2.45) is 0 Å². The van der Waals surface area contributed by atoms with Crippen molar-refractivity contribution in [2.75, 3.05) is 5.32 Å². The molecule has 1 aromatic carbocycles. The molecular weight excluding hydrogens is 403 g/mol. The number of aryl methyl sites for hydroxylation is 2. The smallest absolute Gasteiger partial charge is 0.304 e. The number of rotatable bonds is 3. The van der Waals surface area contributed by atoms with E-state index in [9.17, 15) is 22.8 Å². The van der Waals surface area contributed by atoms with Gasteiger partial charge in [-0.3, -0.25) is 9.59 Å². The molecule has 0 radical (unpaired) electrons. The molecule has 0 saturated heterocycles. The van der Waals surface area contributed by atoms with Gasteiger partial charge in [-0.25, -0.2) is 4.98 Å². The molecule has 2 aromatic heterocycles. The van der Waals surface area contributed by atoms with Crippen LogP contribution in [-0.4, -0.2) is 15.5 Å². The largest absolute Gasteiger partial charge is 0.417 e. The maximum absolute atomic E-state index is 12.9. The van der Waals surface area contributed by atoms with Gasteiger partial charge in [-0.15, -0.1) is 0 Å². The van der Waals surface area contributed by atoms with Gasteiger partial charge in [0.05, 0.1) is 15.8 Å². The van der Waals surface area contributed by atoms with Crippen molar-refractivity contribution in [1.82, 2.24) is 9.55 Å². The number of anilines is 1. The molecule has 0 aliphatic rings. The molecule has 142 valence electrons. The second-order valence-electron chi connectivity index (χ2n) is 6.00. The average molecular weight is 416 g/mol. The highest BCUT2D eigenvalue weighted by molar-refractivity contribution is 7.22. The van der Waals surface area contributed by atoms with Gasteiger partial charge in [0.15, 0.2) is 5.13 Å². The van der Waals surface area contributed by atoms with Crippen LogP contribution < -0.4 is 10.9 Å². The first kappa shape index (κ1) is 19.4. The standard InChI is InChI=1S/C17H13ClF3N3O2S/c1-8-3-9(2)14-12(4-8)27-16(23-14)22-13(25)7-24-6-10(17(19,20)21)5-11(18)15(24)26/h3-6H,7H2,1-2H3,(H,22,23,25). The van der Waals surface area contributed by atoms with Crippen LogP contribution in [0.25, 0.3) is 10.2 Å². The van der Waals surface area contributed by atoms with Crippen molar-refractivity contribution in [3.05, 3.63) is 56.5 Å². The first-order chi connectivity index (χ1) is 12.5. The minimum absolute atomic E-state index is 0.301. The Kier molecular flexibility index (Phi) is 5.00. The van der Waals surface area contributed by atoms with Crippen LogP contribution in [0.4, 0.5) is 18.3 Å². The molecule has 27 heavy (non-hydrogen) atoms. The Morgan fingerprint density at radius 2 is 2.00 bits per heavy atom. The number of halogens is 4. The topological polar surface area (TPSA) is 64.0 Å².